The van der Waals surface area contributed by atoms with Gasteiger partial charge in [-0.25, -0.2) is 9.78 Å². The Balaban J connectivity index is 1.86. The number of pyridine rings is 1. The van der Waals surface area contributed by atoms with Gasteiger partial charge in [-0.2, -0.15) is 0 Å². The molecule has 0 atom stereocenters. The number of methoxy groups -OCH3 is 1. The van der Waals surface area contributed by atoms with Gasteiger partial charge in [0.05, 0.1) is 24.9 Å². The van der Waals surface area contributed by atoms with Crippen molar-refractivity contribution in [2.24, 2.45) is 7.05 Å². The van der Waals surface area contributed by atoms with Gasteiger partial charge in [0.15, 0.2) is 0 Å². The van der Waals surface area contributed by atoms with Gasteiger partial charge in [0.2, 0.25) is 0 Å². The average Bonchev–Trinajstić information content (AvgIpc) is 2.84. The summed E-state index contributed by atoms with van der Waals surface area (Å²) in [6, 6.07) is 3.51. The van der Waals surface area contributed by atoms with Crippen molar-refractivity contribution in [3.8, 4) is 0 Å². The van der Waals surface area contributed by atoms with E-state index < -0.39 is 0 Å². The first-order chi connectivity index (χ1) is 9.20. The third-order valence-corrected chi connectivity index (χ3v) is 2.76. The van der Waals surface area contributed by atoms with Gasteiger partial charge in [0.25, 0.3) is 0 Å². The second-order valence-electron chi connectivity index (χ2n) is 4.09. The van der Waals surface area contributed by atoms with Crippen molar-refractivity contribution in [2.45, 2.75) is 13.1 Å². The number of esters is 1. The predicted molar refractivity (Wildman–Crippen MR) is 69.3 cm³/mol. The van der Waals surface area contributed by atoms with Crippen LogP contribution in [0.4, 0.5) is 0 Å². The number of carbonyl (C=O) groups excluding carboxylic acids is 1. The lowest BCUT2D eigenvalue weighted by Gasteiger charge is -2.05. The number of aromatic nitrogens is 3. The second kappa shape index (κ2) is 6.10. The van der Waals surface area contributed by atoms with E-state index in [0.717, 1.165) is 11.5 Å². The number of ether oxygens (including phenoxy) is 1. The summed E-state index contributed by atoms with van der Waals surface area (Å²) in [7, 11) is 3.30. The molecule has 2 heterocycles. The van der Waals surface area contributed by atoms with Crippen LogP contribution in [0.5, 0.6) is 0 Å². The molecule has 0 aliphatic carbocycles. The molecule has 0 saturated heterocycles. The highest BCUT2D eigenvalue weighted by Gasteiger charge is 2.05. The maximum atomic E-state index is 11.2. The van der Waals surface area contributed by atoms with Gasteiger partial charge in [-0.3, -0.25) is 4.98 Å². The largest absolute Gasteiger partial charge is 0.465 e. The SMILES string of the molecule is COC(=O)c1ccc(CNCc2nccn2C)nc1. The Morgan fingerprint density at radius 3 is 2.79 bits per heavy atom. The third-order valence-electron chi connectivity index (χ3n) is 2.76. The highest BCUT2D eigenvalue weighted by molar-refractivity contribution is 5.88. The van der Waals surface area contributed by atoms with Gasteiger partial charge in [-0.1, -0.05) is 0 Å². The van der Waals surface area contributed by atoms with Gasteiger partial charge < -0.3 is 14.6 Å². The Labute approximate surface area is 111 Å². The number of aryl methyl sites for hydroxylation is 1. The highest BCUT2D eigenvalue weighted by atomic mass is 16.5. The van der Waals surface area contributed by atoms with Crippen LogP contribution in [0.2, 0.25) is 0 Å². The minimum absolute atomic E-state index is 0.375. The third kappa shape index (κ3) is 3.38. The second-order valence-corrected chi connectivity index (χ2v) is 4.09. The molecular formula is C13H16N4O2. The molecule has 0 saturated carbocycles. The van der Waals surface area contributed by atoms with Crippen LogP contribution in [0.25, 0.3) is 0 Å². The van der Waals surface area contributed by atoms with E-state index in [1.807, 2.05) is 17.8 Å². The molecule has 0 fully saturated rings. The summed E-state index contributed by atoms with van der Waals surface area (Å²) in [5.41, 5.74) is 1.32. The molecule has 19 heavy (non-hydrogen) atoms. The van der Waals surface area contributed by atoms with Crippen LogP contribution in [0.3, 0.4) is 0 Å². The number of nitrogens with zero attached hydrogens (tertiary/aromatic N) is 3. The van der Waals surface area contributed by atoms with E-state index >= 15 is 0 Å². The van der Waals surface area contributed by atoms with Crippen molar-refractivity contribution in [3.63, 3.8) is 0 Å². The molecule has 0 unspecified atom stereocenters. The van der Waals surface area contributed by atoms with Crippen LogP contribution in [0.15, 0.2) is 30.7 Å². The van der Waals surface area contributed by atoms with Crippen molar-refractivity contribution in [2.75, 3.05) is 7.11 Å². The normalized spacial score (nSPS) is 10.4. The zero-order valence-electron chi connectivity index (χ0n) is 11.0. The first-order valence-electron chi connectivity index (χ1n) is 5.91. The Morgan fingerprint density at radius 2 is 2.21 bits per heavy atom. The number of hydrogen-bond donors (Lipinski definition) is 1. The first-order valence-corrected chi connectivity index (χ1v) is 5.91. The lowest BCUT2D eigenvalue weighted by Crippen LogP contribution is -2.16. The van der Waals surface area contributed by atoms with E-state index in [9.17, 15) is 4.79 Å². The standard InChI is InChI=1S/C13H16N4O2/c1-17-6-5-15-12(17)9-14-8-11-4-3-10(7-16-11)13(18)19-2/h3-7,14H,8-9H2,1-2H3. The van der Waals surface area contributed by atoms with Gasteiger partial charge in [-0.05, 0) is 12.1 Å². The molecule has 6 heteroatoms. The summed E-state index contributed by atoms with van der Waals surface area (Å²) in [6.07, 6.45) is 5.18. The maximum absolute atomic E-state index is 11.2. The number of hydrogen-bond acceptors (Lipinski definition) is 5. The minimum Gasteiger partial charge on any atom is -0.465 e. The van der Waals surface area contributed by atoms with Crippen LogP contribution in [-0.4, -0.2) is 27.6 Å². The molecule has 100 valence electrons. The summed E-state index contributed by atoms with van der Waals surface area (Å²) < 4.78 is 6.57. The monoisotopic (exact) mass is 260 g/mol. The average molecular weight is 260 g/mol. The van der Waals surface area contributed by atoms with Crippen LogP contribution < -0.4 is 5.32 Å². The molecule has 0 bridgehead atoms. The molecule has 2 aromatic heterocycles. The Hall–Kier alpha value is -2.21. The topological polar surface area (TPSA) is 69.0 Å². The molecule has 0 aliphatic rings. The number of carbonyl (C=O) groups is 1. The molecule has 0 amide bonds. The lowest BCUT2D eigenvalue weighted by atomic mass is 10.2. The predicted octanol–water partition coefficient (Wildman–Crippen LogP) is 0.891. The van der Waals surface area contributed by atoms with E-state index in [4.69, 9.17) is 0 Å². The highest BCUT2D eigenvalue weighted by Crippen LogP contribution is 2.02. The lowest BCUT2D eigenvalue weighted by molar-refractivity contribution is 0.0600. The fourth-order valence-corrected chi connectivity index (χ4v) is 1.64. The minimum atomic E-state index is -0.375. The van der Waals surface area contributed by atoms with Gasteiger partial charge in [0, 0.05) is 32.2 Å². The summed E-state index contributed by atoms with van der Waals surface area (Å²) in [4.78, 5) is 19.7. The summed E-state index contributed by atoms with van der Waals surface area (Å²) in [5, 5.41) is 3.25. The fourth-order valence-electron chi connectivity index (χ4n) is 1.64. The summed E-state index contributed by atoms with van der Waals surface area (Å²) in [5.74, 6) is 0.589. The number of imidazole rings is 1. The van der Waals surface area contributed by atoms with Gasteiger partial charge >= 0.3 is 5.97 Å². The smallest absolute Gasteiger partial charge is 0.339 e. The van der Waals surface area contributed by atoms with Crippen LogP contribution in [0.1, 0.15) is 21.9 Å². The first kappa shape index (κ1) is 13.2. The van der Waals surface area contributed by atoms with Gasteiger partial charge in [-0.15, -0.1) is 0 Å². The van der Waals surface area contributed by atoms with Crippen molar-refractivity contribution in [1.82, 2.24) is 19.9 Å². The van der Waals surface area contributed by atoms with Gasteiger partial charge in [0.1, 0.15) is 5.82 Å². The Kier molecular flexibility index (Phi) is 4.25. The van der Waals surface area contributed by atoms with Crippen molar-refractivity contribution < 1.29 is 9.53 Å². The maximum Gasteiger partial charge on any atom is 0.339 e. The molecule has 6 nitrogen and oxygen atoms in total. The van der Waals surface area contributed by atoms with Crippen molar-refractivity contribution in [1.29, 1.82) is 0 Å². The molecule has 0 spiro atoms. The van der Waals surface area contributed by atoms with E-state index in [1.54, 1.807) is 18.3 Å². The zero-order valence-corrected chi connectivity index (χ0v) is 11.0. The quantitative estimate of drug-likeness (QED) is 0.809. The molecule has 1 N–H and O–H groups in total. The Bertz CT molecular complexity index is 548. The molecule has 0 aromatic carbocycles. The fraction of sp³-hybridized carbons (Fsp3) is 0.308. The molecule has 0 radical (unpaired) electrons. The van der Waals surface area contributed by atoms with Crippen LogP contribution in [-0.2, 0) is 24.9 Å². The van der Waals surface area contributed by atoms with Crippen molar-refractivity contribution >= 4 is 5.97 Å². The Morgan fingerprint density at radius 1 is 1.37 bits per heavy atom. The van der Waals surface area contributed by atoms with Crippen LogP contribution >= 0.6 is 0 Å². The molecule has 0 aliphatic heterocycles. The summed E-state index contributed by atoms with van der Waals surface area (Å²) >= 11 is 0. The molecule has 2 rings (SSSR count). The number of nitrogens with one attached hydrogen (secondary N) is 1. The van der Waals surface area contributed by atoms with E-state index in [1.165, 1.54) is 13.3 Å². The van der Waals surface area contributed by atoms with E-state index in [2.05, 4.69) is 20.0 Å². The molecule has 2 aromatic rings. The van der Waals surface area contributed by atoms with Crippen LogP contribution in [0, 0.1) is 0 Å². The molecular weight excluding hydrogens is 244 g/mol. The summed E-state index contributed by atoms with van der Waals surface area (Å²) in [6.45, 7) is 1.29. The number of rotatable bonds is 5. The zero-order chi connectivity index (χ0) is 13.7. The van der Waals surface area contributed by atoms with Crippen molar-refractivity contribution in [3.05, 3.63) is 47.8 Å². The van der Waals surface area contributed by atoms with E-state index in [0.29, 0.717) is 18.7 Å². The van der Waals surface area contributed by atoms with E-state index in [-0.39, 0.29) is 5.97 Å².